The molecule has 0 saturated carbocycles. The van der Waals surface area contributed by atoms with Gasteiger partial charge in [0, 0.05) is 24.8 Å². The molecule has 0 saturated heterocycles. The van der Waals surface area contributed by atoms with Gasteiger partial charge in [0.1, 0.15) is 12.4 Å². The summed E-state index contributed by atoms with van der Waals surface area (Å²) in [6.45, 7) is 2.35. The lowest BCUT2D eigenvalue weighted by Gasteiger charge is -2.15. The molecule has 0 atom stereocenters. The number of carbonyl (C=O) groups is 1. The number of ether oxygens (including phenoxy) is 2. The van der Waals surface area contributed by atoms with Crippen LogP contribution in [0.2, 0.25) is 0 Å². The Balaban J connectivity index is 1.65. The average Bonchev–Trinajstić information content (AvgIpc) is 2.73. The molecule has 5 nitrogen and oxygen atoms in total. The molecule has 0 aromatic heterocycles. The largest absolute Gasteiger partial charge is 0.493 e. The zero-order valence-corrected chi connectivity index (χ0v) is 18.3. The summed E-state index contributed by atoms with van der Waals surface area (Å²) >= 11 is 3.55. The lowest BCUT2D eigenvalue weighted by Crippen LogP contribution is -2.06. The molecular weight excluding hydrogens is 451 g/mol. The van der Waals surface area contributed by atoms with Crippen molar-refractivity contribution in [1.29, 1.82) is 0 Å². The van der Waals surface area contributed by atoms with Gasteiger partial charge in [-0.25, -0.2) is 4.39 Å². The first-order valence-corrected chi connectivity index (χ1v) is 10.1. The molecule has 0 aliphatic carbocycles. The molecule has 0 aliphatic rings. The zero-order valence-electron chi connectivity index (χ0n) is 16.7. The molecule has 0 radical (unpaired) electrons. The van der Waals surface area contributed by atoms with Crippen molar-refractivity contribution in [1.82, 2.24) is 0 Å². The van der Waals surface area contributed by atoms with Gasteiger partial charge < -0.3 is 20.1 Å². The second-order valence-corrected chi connectivity index (χ2v) is 7.49. The number of halogens is 2. The Labute approximate surface area is 183 Å². The molecule has 3 aromatic rings. The van der Waals surface area contributed by atoms with Crippen molar-refractivity contribution in [2.45, 2.75) is 20.1 Å². The van der Waals surface area contributed by atoms with Crippen molar-refractivity contribution in [3.05, 3.63) is 82.1 Å². The number of hydrogen-bond acceptors (Lipinski definition) is 4. The number of nitrogens with one attached hydrogen (secondary N) is 2. The van der Waals surface area contributed by atoms with Gasteiger partial charge in [0.05, 0.1) is 11.6 Å². The van der Waals surface area contributed by atoms with Gasteiger partial charge in [-0.1, -0.05) is 12.1 Å². The van der Waals surface area contributed by atoms with Crippen LogP contribution < -0.4 is 20.1 Å². The molecule has 3 rings (SSSR count). The van der Waals surface area contributed by atoms with Gasteiger partial charge in [-0.2, -0.15) is 0 Å². The summed E-state index contributed by atoms with van der Waals surface area (Å²) in [5, 5.41) is 6.08. The molecule has 3 aromatic carbocycles. The fourth-order valence-corrected chi connectivity index (χ4v) is 3.43. The number of anilines is 2. The third-order valence-corrected chi connectivity index (χ3v) is 4.88. The summed E-state index contributed by atoms with van der Waals surface area (Å²) in [7, 11) is 1.59. The van der Waals surface area contributed by atoms with Crippen LogP contribution in [0.4, 0.5) is 15.8 Å². The normalized spacial score (nSPS) is 10.4. The van der Waals surface area contributed by atoms with Crippen LogP contribution in [-0.2, 0) is 17.9 Å². The predicted molar refractivity (Wildman–Crippen MR) is 119 cm³/mol. The first-order chi connectivity index (χ1) is 14.4. The standard InChI is InChI=1S/C23H22BrFN2O3/c1-15(28)27-20-9-7-19(8-10-20)26-13-17-11-21(24)23(22(12-17)29-2)30-14-16-3-5-18(25)6-4-16/h3-12,26H,13-14H2,1-2H3,(H,27,28). The first-order valence-electron chi connectivity index (χ1n) is 9.30. The Bertz CT molecular complexity index is 1010. The smallest absolute Gasteiger partial charge is 0.221 e. The molecule has 0 fully saturated rings. The monoisotopic (exact) mass is 472 g/mol. The SMILES string of the molecule is COc1cc(CNc2ccc(NC(C)=O)cc2)cc(Br)c1OCc1ccc(F)cc1. The van der Waals surface area contributed by atoms with E-state index in [0.29, 0.717) is 24.7 Å². The Hall–Kier alpha value is -3.06. The Morgan fingerprint density at radius 2 is 1.67 bits per heavy atom. The average molecular weight is 473 g/mol. The number of methoxy groups -OCH3 is 1. The van der Waals surface area contributed by atoms with Crippen molar-refractivity contribution >= 4 is 33.2 Å². The first kappa shape index (κ1) is 21.6. The third kappa shape index (κ3) is 5.97. The van der Waals surface area contributed by atoms with Crippen molar-refractivity contribution in [2.75, 3.05) is 17.7 Å². The number of amides is 1. The van der Waals surface area contributed by atoms with Crippen LogP contribution in [0, 0.1) is 5.82 Å². The number of hydrogen-bond donors (Lipinski definition) is 2. The summed E-state index contributed by atoms with van der Waals surface area (Å²) < 4.78 is 25.2. The van der Waals surface area contributed by atoms with E-state index in [1.165, 1.54) is 19.1 Å². The van der Waals surface area contributed by atoms with E-state index in [1.54, 1.807) is 19.2 Å². The van der Waals surface area contributed by atoms with E-state index in [2.05, 4.69) is 26.6 Å². The van der Waals surface area contributed by atoms with Crippen molar-refractivity contribution in [3.63, 3.8) is 0 Å². The van der Waals surface area contributed by atoms with Gasteiger partial charge in [0.15, 0.2) is 11.5 Å². The van der Waals surface area contributed by atoms with Crippen LogP contribution >= 0.6 is 15.9 Å². The van der Waals surface area contributed by atoms with Crippen LogP contribution in [0.5, 0.6) is 11.5 Å². The fourth-order valence-electron chi connectivity index (χ4n) is 2.83. The molecular formula is C23H22BrFN2O3. The van der Waals surface area contributed by atoms with Gasteiger partial charge in [0.25, 0.3) is 0 Å². The van der Waals surface area contributed by atoms with Crippen LogP contribution in [0.15, 0.2) is 65.1 Å². The minimum absolute atomic E-state index is 0.102. The minimum Gasteiger partial charge on any atom is -0.493 e. The maximum Gasteiger partial charge on any atom is 0.221 e. The van der Waals surface area contributed by atoms with Crippen LogP contribution in [0.25, 0.3) is 0 Å². The summed E-state index contributed by atoms with van der Waals surface area (Å²) in [5.41, 5.74) is 3.54. The van der Waals surface area contributed by atoms with E-state index in [1.807, 2.05) is 36.4 Å². The quantitative estimate of drug-likeness (QED) is 0.438. The Morgan fingerprint density at radius 1 is 1.00 bits per heavy atom. The van der Waals surface area contributed by atoms with Gasteiger partial charge in [0.2, 0.25) is 5.91 Å². The van der Waals surface area contributed by atoms with Crippen LogP contribution in [0.1, 0.15) is 18.1 Å². The minimum atomic E-state index is -0.279. The summed E-state index contributed by atoms with van der Waals surface area (Å²) in [4.78, 5) is 11.1. The van der Waals surface area contributed by atoms with Gasteiger partial charge in [-0.15, -0.1) is 0 Å². The van der Waals surface area contributed by atoms with E-state index in [9.17, 15) is 9.18 Å². The van der Waals surface area contributed by atoms with Gasteiger partial charge in [-0.3, -0.25) is 4.79 Å². The highest BCUT2D eigenvalue weighted by Crippen LogP contribution is 2.37. The lowest BCUT2D eigenvalue weighted by atomic mass is 10.2. The number of benzene rings is 3. The highest BCUT2D eigenvalue weighted by atomic mass is 79.9. The summed E-state index contributed by atoms with van der Waals surface area (Å²) in [5.74, 6) is 0.808. The van der Waals surface area contributed by atoms with Crippen molar-refractivity contribution in [2.24, 2.45) is 0 Å². The molecule has 1 amide bonds. The van der Waals surface area contributed by atoms with Gasteiger partial charge >= 0.3 is 0 Å². The molecule has 0 spiro atoms. The van der Waals surface area contributed by atoms with E-state index >= 15 is 0 Å². The van der Waals surface area contributed by atoms with E-state index in [4.69, 9.17) is 9.47 Å². The third-order valence-electron chi connectivity index (χ3n) is 4.29. The molecule has 0 bridgehead atoms. The molecule has 0 aliphatic heterocycles. The second-order valence-electron chi connectivity index (χ2n) is 6.64. The topological polar surface area (TPSA) is 59.6 Å². The van der Waals surface area contributed by atoms with Crippen molar-refractivity contribution in [3.8, 4) is 11.5 Å². The summed E-state index contributed by atoms with van der Waals surface area (Å²) in [6.07, 6.45) is 0. The van der Waals surface area contributed by atoms with Crippen LogP contribution in [-0.4, -0.2) is 13.0 Å². The molecule has 156 valence electrons. The maximum atomic E-state index is 13.1. The zero-order chi connectivity index (χ0) is 21.5. The molecule has 7 heteroatoms. The predicted octanol–water partition coefficient (Wildman–Crippen LogP) is 5.75. The Kier molecular flexibility index (Phi) is 7.30. The maximum absolute atomic E-state index is 13.1. The highest BCUT2D eigenvalue weighted by Gasteiger charge is 2.12. The van der Waals surface area contributed by atoms with Crippen LogP contribution in [0.3, 0.4) is 0 Å². The van der Waals surface area contributed by atoms with Crippen molar-refractivity contribution < 1.29 is 18.7 Å². The molecule has 30 heavy (non-hydrogen) atoms. The molecule has 2 N–H and O–H groups in total. The van der Waals surface area contributed by atoms with Gasteiger partial charge in [-0.05, 0) is 75.6 Å². The molecule has 0 heterocycles. The second kappa shape index (κ2) is 10.1. The highest BCUT2D eigenvalue weighted by molar-refractivity contribution is 9.10. The molecule has 0 unspecified atom stereocenters. The van der Waals surface area contributed by atoms with E-state index in [0.717, 1.165) is 27.0 Å². The fraction of sp³-hybridized carbons (Fsp3) is 0.174. The number of carbonyl (C=O) groups excluding carboxylic acids is 1. The number of rotatable bonds is 8. The lowest BCUT2D eigenvalue weighted by molar-refractivity contribution is -0.114. The Morgan fingerprint density at radius 3 is 2.30 bits per heavy atom. The van der Waals surface area contributed by atoms with E-state index in [-0.39, 0.29) is 11.7 Å². The summed E-state index contributed by atoms with van der Waals surface area (Å²) in [6, 6.07) is 17.5. The van der Waals surface area contributed by atoms with E-state index < -0.39 is 0 Å².